The Bertz CT molecular complexity index is 805. The van der Waals surface area contributed by atoms with E-state index in [1.807, 2.05) is 0 Å². The number of phenolic OH excluding ortho intramolecular Hbond substituents is 4. The van der Waals surface area contributed by atoms with Crippen molar-refractivity contribution in [2.75, 3.05) is 6.54 Å². The minimum atomic E-state index is -0.596. The largest absolute Gasteiger partial charge is 0.507 e. The molecule has 6 nitrogen and oxygen atoms in total. The molecule has 0 aliphatic heterocycles. The first kappa shape index (κ1) is 16.9. The Morgan fingerprint density at radius 3 is 2.35 bits per heavy atom. The second kappa shape index (κ2) is 6.76. The normalized spacial score (nSPS) is 11.0. The van der Waals surface area contributed by atoms with Gasteiger partial charge in [0.2, 0.25) is 0 Å². The summed E-state index contributed by atoms with van der Waals surface area (Å²) in [5.41, 5.74) is 0.0406. The number of halogens is 2. The molecule has 0 radical (unpaired) electrons. The highest BCUT2D eigenvalue weighted by Crippen LogP contribution is 2.32. The summed E-state index contributed by atoms with van der Waals surface area (Å²) in [7, 11) is 0. The van der Waals surface area contributed by atoms with Crippen LogP contribution in [0.3, 0.4) is 0 Å². The van der Waals surface area contributed by atoms with E-state index in [-0.39, 0.29) is 28.4 Å². The molecule has 2 aromatic rings. The number of aromatic hydroxyl groups is 4. The lowest BCUT2D eigenvalue weighted by atomic mass is 10.1. The first-order valence-corrected chi connectivity index (χ1v) is 7.01. The Hall–Kier alpha value is -2.44. The first-order chi connectivity index (χ1) is 10.8. The summed E-state index contributed by atoms with van der Waals surface area (Å²) in [6, 6.07) is 4.57. The predicted octanol–water partition coefficient (Wildman–Crippen LogP) is 3.12. The number of rotatable bonds is 4. The van der Waals surface area contributed by atoms with E-state index >= 15 is 0 Å². The Morgan fingerprint density at radius 1 is 1.00 bits per heavy atom. The quantitative estimate of drug-likeness (QED) is 0.291. The molecule has 0 saturated heterocycles. The zero-order valence-electron chi connectivity index (χ0n) is 11.5. The topological polar surface area (TPSA) is 110 Å². The van der Waals surface area contributed by atoms with Crippen molar-refractivity contribution in [1.82, 2.24) is 0 Å². The summed E-state index contributed by atoms with van der Waals surface area (Å²) in [6.07, 6.45) is 1.21. The molecule has 0 amide bonds. The van der Waals surface area contributed by atoms with E-state index in [4.69, 9.17) is 23.2 Å². The number of carbonyl (C=O) groups is 1. The summed E-state index contributed by atoms with van der Waals surface area (Å²) >= 11 is 11.6. The van der Waals surface area contributed by atoms with Crippen molar-refractivity contribution in [3.8, 4) is 23.0 Å². The van der Waals surface area contributed by atoms with Crippen LogP contribution < -0.4 is 0 Å². The Kier molecular flexibility index (Phi) is 4.98. The molecule has 0 bridgehead atoms. The van der Waals surface area contributed by atoms with Crippen LogP contribution in [0.4, 0.5) is 0 Å². The maximum absolute atomic E-state index is 12.0. The van der Waals surface area contributed by atoms with E-state index in [1.54, 1.807) is 0 Å². The van der Waals surface area contributed by atoms with Gasteiger partial charge in [0.1, 0.15) is 18.0 Å². The molecule has 0 atom stereocenters. The smallest absolute Gasteiger partial charge is 0.188 e. The summed E-state index contributed by atoms with van der Waals surface area (Å²) in [6.45, 7) is -0.360. The highest BCUT2D eigenvalue weighted by atomic mass is 35.5. The number of ketones is 1. The van der Waals surface area contributed by atoms with Crippen molar-refractivity contribution >= 4 is 35.2 Å². The van der Waals surface area contributed by atoms with Gasteiger partial charge in [0, 0.05) is 22.9 Å². The van der Waals surface area contributed by atoms with Gasteiger partial charge in [-0.05, 0) is 18.2 Å². The fraction of sp³-hybridized carbons (Fsp3) is 0.0667. The molecule has 8 heteroatoms. The zero-order chi connectivity index (χ0) is 17.1. The number of carbonyl (C=O) groups excluding carboxylic acids is 1. The van der Waals surface area contributed by atoms with Gasteiger partial charge in [0.15, 0.2) is 17.3 Å². The zero-order valence-corrected chi connectivity index (χ0v) is 13.0. The monoisotopic (exact) mass is 355 g/mol. The van der Waals surface area contributed by atoms with E-state index in [9.17, 15) is 25.2 Å². The molecule has 120 valence electrons. The van der Waals surface area contributed by atoms with Crippen LogP contribution in [-0.4, -0.2) is 39.0 Å². The molecule has 2 rings (SSSR count). The van der Waals surface area contributed by atoms with Crippen LogP contribution in [0.5, 0.6) is 23.0 Å². The Labute approximate surface area is 140 Å². The summed E-state index contributed by atoms with van der Waals surface area (Å²) in [4.78, 5) is 15.8. The summed E-state index contributed by atoms with van der Waals surface area (Å²) in [5.74, 6) is -2.37. The van der Waals surface area contributed by atoms with Crippen molar-refractivity contribution in [2.45, 2.75) is 0 Å². The van der Waals surface area contributed by atoms with Crippen LogP contribution in [0, 0.1) is 0 Å². The molecule has 2 aromatic carbocycles. The molecule has 0 aliphatic rings. The van der Waals surface area contributed by atoms with E-state index < -0.39 is 23.0 Å². The molecule has 0 unspecified atom stereocenters. The van der Waals surface area contributed by atoms with Crippen molar-refractivity contribution in [1.29, 1.82) is 0 Å². The van der Waals surface area contributed by atoms with E-state index in [2.05, 4.69) is 4.99 Å². The van der Waals surface area contributed by atoms with Crippen molar-refractivity contribution in [2.24, 2.45) is 4.99 Å². The van der Waals surface area contributed by atoms with Gasteiger partial charge in [-0.15, -0.1) is 0 Å². The maximum Gasteiger partial charge on any atom is 0.188 e. The minimum Gasteiger partial charge on any atom is -0.507 e. The van der Waals surface area contributed by atoms with Crippen LogP contribution in [0.25, 0.3) is 0 Å². The molecule has 0 fully saturated rings. The molecule has 0 heterocycles. The first-order valence-electron chi connectivity index (χ1n) is 6.25. The number of hydrogen-bond donors (Lipinski definition) is 4. The lowest BCUT2D eigenvalue weighted by Crippen LogP contribution is -2.04. The van der Waals surface area contributed by atoms with Crippen molar-refractivity contribution < 1.29 is 25.2 Å². The molecule has 0 aromatic heterocycles. The van der Waals surface area contributed by atoms with Crippen LogP contribution in [0.15, 0.2) is 29.3 Å². The van der Waals surface area contributed by atoms with Gasteiger partial charge in [-0.2, -0.15) is 0 Å². The van der Waals surface area contributed by atoms with Crippen LogP contribution >= 0.6 is 23.2 Å². The molecule has 0 spiro atoms. The second-order valence-electron chi connectivity index (χ2n) is 4.58. The van der Waals surface area contributed by atoms with Gasteiger partial charge in [0.05, 0.1) is 10.6 Å². The van der Waals surface area contributed by atoms with E-state index in [0.717, 1.165) is 12.1 Å². The predicted molar refractivity (Wildman–Crippen MR) is 86.4 cm³/mol. The number of aliphatic imine (C=N–C) groups is 1. The van der Waals surface area contributed by atoms with Gasteiger partial charge in [-0.25, -0.2) is 0 Å². The minimum absolute atomic E-state index is 0.0476. The molecule has 23 heavy (non-hydrogen) atoms. The number of phenols is 4. The van der Waals surface area contributed by atoms with Gasteiger partial charge in [0.25, 0.3) is 0 Å². The standard InChI is InChI=1S/C15H11Cl2NO5/c16-8-1-7(15(23)10(17)2-8)5-18-6-14(22)9-3-12(20)13(21)4-11(9)19/h1-5,19-21,23H,6H2. The van der Waals surface area contributed by atoms with Crippen LogP contribution in [0.1, 0.15) is 15.9 Å². The molecule has 4 N–H and O–H groups in total. The molecule has 0 saturated carbocycles. The third-order valence-corrected chi connectivity index (χ3v) is 3.42. The molecule has 0 aliphatic carbocycles. The molecular formula is C15H11Cl2NO5. The Morgan fingerprint density at radius 2 is 1.65 bits per heavy atom. The van der Waals surface area contributed by atoms with Crippen molar-refractivity contribution in [3.63, 3.8) is 0 Å². The van der Waals surface area contributed by atoms with Crippen LogP contribution in [0.2, 0.25) is 10.0 Å². The highest BCUT2D eigenvalue weighted by Gasteiger charge is 2.14. The summed E-state index contributed by atoms with van der Waals surface area (Å²) in [5, 5.41) is 38.3. The van der Waals surface area contributed by atoms with Crippen LogP contribution in [-0.2, 0) is 0 Å². The number of Topliss-reactive ketones (excluding diaryl/α,β-unsaturated/α-hetero) is 1. The molecular weight excluding hydrogens is 345 g/mol. The lowest BCUT2D eigenvalue weighted by Gasteiger charge is -2.05. The number of nitrogens with zero attached hydrogens (tertiary/aromatic N) is 1. The third kappa shape index (κ3) is 3.85. The fourth-order valence-corrected chi connectivity index (χ4v) is 2.29. The van der Waals surface area contributed by atoms with E-state index in [0.29, 0.717) is 5.02 Å². The maximum atomic E-state index is 12.0. The van der Waals surface area contributed by atoms with Crippen molar-refractivity contribution in [3.05, 3.63) is 45.4 Å². The average molecular weight is 356 g/mol. The highest BCUT2D eigenvalue weighted by molar-refractivity contribution is 6.36. The SMILES string of the molecule is O=C(CN=Cc1cc(Cl)cc(Cl)c1O)c1cc(O)c(O)cc1O. The lowest BCUT2D eigenvalue weighted by molar-refractivity contribution is 0.0999. The second-order valence-corrected chi connectivity index (χ2v) is 5.42. The van der Waals surface area contributed by atoms with Gasteiger partial charge in [-0.1, -0.05) is 23.2 Å². The summed E-state index contributed by atoms with van der Waals surface area (Å²) < 4.78 is 0. The Balaban J connectivity index is 2.18. The van der Waals surface area contributed by atoms with Gasteiger partial charge >= 0.3 is 0 Å². The average Bonchev–Trinajstić information content (AvgIpc) is 2.47. The van der Waals surface area contributed by atoms with Gasteiger partial charge in [-0.3, -0.25) is 9.79 Å². The number of benzene rings is 2. The fourth-order valence-electron chi connectivity index (χ4n) is 1.79. The van der Waals surface area contributed by atoms with E-state index in [1.165, 1.54) is 18.3 Å². The third-order valence-electron chi connectivity index (χ3n) is 2.92. The number of hydrogen-bond acceptors (Lipinski definition) is 6. The van der Waals surface area contributed by atoms with Gasteiger partial charge < -0.3 is 20.4 Å².